The summed E-state index contributed by atoms with van der Waals surface area (Å²) in [5, 5.41) is 14.6. The smallest absolute Gasteiger partial charge is 0.292 e. The van der Waals surface area contributed by atoms with Gasteiger partial charge in [-0.25, -0.2) is 4.98 Å². The van der Waals surface area contributed by atoms with Crippen molar-refractivity contribution in [1.29, 1.82) is 0 Å². The SMILES string of the molecule is O=C(N[C@H](CN1CCCC1)[C@H](O)c1ccc(OC2CC2)c(Cl)c1)C(=O)c1ccc(-c2ccc3scnc3c2)cc1. The van der Waals surface area contributed by atoms with Gasteiger partial charge in [-0.15, -0.1) is 11.3 Å². The summed E-state index contributed by atoms with van der Waals surface area (Å²) in [5.41, 5.74) is 5.51. The molecule has 206 valence electrons. The number of amides is 1. The molecular weight excluding hydrogens is 546 g/mol. The Bertz CT molecular complexity index is 1530. The first-order valence-electron chi connectivity index (χ1n) is 13.6. The van der Waals surface area contributed by atoms with Crippen LogP contribution in [0.2, 0.25) is 5.02 Å². The first-order chi connectivity index (χ1) is 19.4. The minimum Gasteiger partial charge on any atom is -0.489 e. The number of carbonyl (C=O) groups excluding carboxylic acids is 2. The molecule has 2 fully saturated rings. The van der Waals surface area contributed by atoms with Gasteiger partial charge in [-0.2, -0.15) is 0 Å². The van der Waals surface area contributed by atoms with Gasteiger partial charge in [-0.05, 0) is 79.7 Å². The van der Waals surface area contributed by atoms with Crippen LogP contribution >= 0.6 is 22.9 Å². The van der Waals surface area contributed by atoms with E-state index in [4.69, 9.17) is 16.3 Å². The molecule has 7 nitrogen and oxygen atoms in total. The maximum atomic E-state index is 13.1. The van der Waals surface area contributed by atoms with Crippen LogP contribution in [0, 0.1) is 0 Å². The van der Waals surface area contributed by atoms with Crippen LogP contribution in [0.5, 0.6) is 5.75 Å². The molecule has 4 aromatic rings. The summed E-state index contributed by atoms with van der Waals surface area (Å²) in [6.07, 6.45) is 3.32. The first-order valence-corrected chi connectivity index (χ1v) is 14.9. The van der Waals surface area contributed by atoms with Gasteiger partial charge in [0.2, 0.25) is 5.78 Å². The van der Waals surface area contributed by atoms with Crippen molar-refractivity contribution in [2.24, 2.45) is 0 Å². The molecule has 2 heterocycles. The van der Waals surface area contributed by atoms with Gasteiger partial charge < -0.3 is 20.1 Å². The molecule has 3 aromatic carbocycles. The van der Waals surface area contributed by atoms with E-state index in [0.29, 0.717) is 22.9 Å². The topological polar surface area (TPSA) is 91.8 Å². The van der Waals surface area contributed by atoms with E-state index in [-0.39, 0.29) is 11.7 Å². The minimum atomic E-state index is -1.05. The molecule has 9 heteroatoms. The Morgan fingerprint density at radius 2 is 1.80 bits per heavy atom. The van der Waals surface area contributed by atoms with Crippen LogP contribution in [-0.4, -0.2) is 58.5 Å². The molecule has 1 aliphatic carbocycles. The van der Waals surface area contributed by atoms with E-state index >= 15 is 0 Å². The first kappa shape index (κ1) is 26.9. The Hall–Kier alpha value is -3.30. The van der Waals surface area contributed by atoms with Gasteiger partial charge in [0.15, 0.2) is 0 Å². The molecule has 2 aliphatic rings. The van der Waals surface area contributed by atoms with Crippen molar-refractivity contribution in [2.45, 2.75) is 43.9 Å². The number of ether oxygens (including phenoxy) is 1. The summed E-state index contributed by atoms with van der Waals surface area (Å²) in [6, 6.07) is 17.5. The van der Waals surface area contributed by atoms with E-state index in [1.807, 2.05) is 35.8 Å². The van der Waals surface area contributed by atoms with Gasteiger partial charge in [-0.1, -0.05) is 48.0 Å². The monoisotopic (exact) mass is 575 g/mol. The third kappa shape index (κ3) is 6.05. The molecular formula is C31H30ClN3O4S. The number of nitrogens with one attached hydrogen (secondary N) is 1. The molecule has 0 unspecified atom stereocenters. The number of hydrogen-bond acceptors (Lipinski definition) is 7. The highest BCUT2D eigenvalue weighted by atomic mass is 35.5. The molecule has 1 aliphatic heterocycles. The summed E-state index contributed by atoms with van der Waals surface area (Å²) in [6.45, 7) is 2.20. The Morgan fingerprint density at radius 1 is 1.05 bits per heavy atom. The second-order valence-corrected chi connectivity index (χ2v) is 11.8. The highest BCUT2D eigenvalue weighted by Gasteiger charge is 2.30. The number of benzene rings is 3. The van der Waals surface area contributed by atoms with E-state index in [1.54, 1.807) is 41.7 Å². The zero-order valence-corrected chi connectivity index (χ0v) is 23.5. The number of thiazole rings is 1. The van der Waals surface area contributed by atoms with Gasteiger partial charge in [0.1, 0.15) is 11.9 Å². The quantitative estimate of drug-likeness (QED) is 0.187. The molecule has 1 saturated heterocycles. The van der Waals surface area contributed by atoms with Crippen molar-refractivity contribution in [3.05, 3.63) is 82.3 Å². The number of aliphatic hydroxyl groups excluding tert-OH is 1. The number of carbonyl (C=O) groups is 2. The minimum absolute atomic E-state index is 0.206. The Kier molecular flexibility index (Phi) is 7.85. The lowest BCUT2D eigenvalue weighted by Crippen LogP contribution is -2.48. The number of ketones is 1. The molecule has 0 radical (unpaired) electrons. The van der Waals surface area contributed by atoms with Crippen LogP contribution < -0.4 is 10.1 Å². The van der Waals surface area contributed by atoms with Crippen LogP contribution in [-0.2, 0) is 4.79 Å². The number of aromatic nitrogens is 1. The van der Waals surface area contributed by atoms with Crippen LogP contribution in [0.1, 0.15) is 47.7 Å². The highest BCUT2D eigenvalue weighted by Crippen LogP contribution is 2.34. The average molecular weight is 576 g/mol. The number of nitrogens with zero attached hydrogens (tertiary/aromatic N) is 2. The van der Waals surface area contributed by atoms with E-state index in [9.17, 15) is 14.7 Å². The van der Waals surface area contributed by atoms with Gasteiger partial charge in [0.25, 0.3) is 5.91 Å². The van der Waals surface area contributed by atoms with Crippen LogP contribution in [0.25, 0.3) is 21.3 Å². The Balaban J connectivity index is 1.16. The lowest BCUT2D eigenvalue weighted by Gasteiger charge is -2.28. The standard InChI is InChI=1S/C31H30ClN3O4S/c32-24-15-22(7-11-27(24)39-23-9-10-23)29(36)26(17-35-13-1-2-14-35)34-31(38)30(37)20-5-3-19(4-6-20)21-8-12-28-25(16-21)33-18-40-28/h3-8,11-12,15-16,18,23,26,29,36H,1-2,9-10,13-14,17H2,(H,34,38)/t26-,29-/m1/s1. The van der Waals surface area contributed by atoms with Gasteiger partial charge in [0.05, 0.1) is 32.9 Å². The summed E-state index contributed by atoms with van der Waals surface area (Å²) >= 11 is 8.03. The molecule has 2 atom stereocenters. The molecule has 1 aromatic heterocycles. The van der Waals surface area contributed by atoms with E-state index < -0.39 is 23.8 Å². The summed E-state index contributed by atoms with van der Waals surface area (Å²) in [5.74, 6) is -0.809. The molecule has 0 bridgehead atoms. The maximum absolute atomic E-state index is 13.1. The van der Waals surface area contributed by atoms with E-state index in [0.717, 1.165) is 60.1 Å². The number of rotatable bonds is 10. The zero-order valence-electron chi connectivity index (χ0n) is 21.9. The molecule has 6 rings (SSSR count). The number of hydrogen-bond donors (Lipinski definition) is 2. The average Bonchev–Trinajstić information content (AvgIpc) is 3.41. The van der Waals surface area contributed by atoms with Crippen LogP contribution in [0.3, 0.4) is 0 Å². The molecule has 1 saturated carbocycles. The van der Waals surface area contributed by atoms with Crippen molar-refractivity contribution >= 4 is 44.8 Å². The highest BCUT2D eigenvalue weighted by molar-refractivity contribution is 7.16. The predicted molar refractivity (Wildman–Crippen MR) is 157 cm³/mol. The number of aliphatic hydroxyl groups is 1. The lowest BCUT2D eigenvalue weighted by molar-refractivity contribution is -0.118. The molecule has 1 amide bonds. The van der Waals surface area contributed by atoms with Crippen molar-refractivity contribution in [2.75, 3.05) is 19.6 Å². The Morgan fingerprint density at radius 3 is 2.52 bits per heavy atom. The summed E-state index contributed by atoms with van der Waals surface area (Å²) < 4.78 is 6.93. The molecule has 2 N–H and O–H groups in total. The van der Waals surface area contributed by atoms with E-state index in [2.05, 4.69) is 15.2 Å². The van der Waals surface area contributed by atoms with Gasteiger partial charge in [0, 0.05) is 12.1 Å². The zero-order chi connectivity index (χ0) is 27.6. The second kappa shape index (κ2) is 11.7. The summed E-state index contributed by atoms with van der Waals surface area (Å²) in [7, 11) is 0. The van der Waals surface area contributed by atoms with Crippen LogP contribution in [0.15, 0.2) is 66.2 Å². The fourth-order valence-electron chi connectivity index (χ4n) is 5.08. The maximum Gasteiger partial charge on any atom is 0.292 e. The summed E-state index contributed by atoms with van der Waals surface area (Å²) in [4.78, 5) is 32.8. The largest absolute Gasteiger partial charge is 0.489 e. The van der Waals surface area contributed by atoms with Crippen LogP contribution in [0.4, 0.5) is 0 Å². The van der Waals surface area contributed by atoms with Gasteiger partial charge >= 0.3 is 0 Å². The van der Waals surface area contributed by atoms with Crippen molar-refractivity contribution in [3.8, 4) is 16.9 Å². The third-order valence-electron chi connectivity index (χ3n) is 7.48. The predicted octanol–water partition coefficient (Wildman–Crippen LogP) is 5.65. The van der Waals surface area contributed by atoms with Crippen molar-refractivity contribution < 1.29 is 19.4 Å². The number of halogens is 1. The normalized spacial score (nSPS) is 17.1. The fourth-order valence-corrected chi connectivity index (χ4v) is 5.97. The fraction of sp³-hybridized carbons (Fsp3) is 0.323. The van der Waals surface area contributed by atoms with Gasteiger partial charge in [-0.3, -0.25) is 9.59 Å². The number of likely N-dealkylation sites (tertiary alicyclic amines) is 1. The third-order valence-corrected chi connectivity index (χ3v) is 8.59. The Labute approximate surface area is 241 Å². The van der Waals surface area contributed by atoms with E-state index in [1.165, 1.54) is 0 Å². The van der Waals surface area contributed by atoms with Crippen molar-refractivity contribution in [1.82, 2.24) is 15.2 Å². The van der Waals surface area contributed by atoms with Crippen molar-refractivity contribution in [3.63, 3.8) is 0 Å². The number of Topliss-reactive ketones (excluding diaryl/α,β-unsaturated/α-hetero) is 1. The lowest BCUT2D eigenvalue weighted by atomic mass is 10.00. The molecule has 40 heavy (non-hydrogen) atoms. The second-order valence-electron chi connectivity index (χ2n) is 10.5. The molecule has 0 spiro atoms. The number of fused-ring (bicyclic) bond motifs is 1.